The molecule has 0 amide bonds. The molecule has 2 aromatic heterocycles. The van der Waals surface area contributed by atoms with E-state index in [1.54, 1.807) is 0 Å². The molecular weight excluding hydrogens is 732 g/mol. The van der Waals surface area contributed by atoms with E-state index in [0.717, 1.165) is 19.1 Å². The van der Waals surface area contributed by atoms with Crippen molar-refractivity contribution in [2.24, 2.45) is 0 Å². The molecule has 6 rings (SSSR count). The zero-order chi connectivity index (χ0) is 39.9. The van der Waals surface area contributed by atoms with Crippen molar-refractivity contribution in [3.8, 4) is 11.5 Å². The summed E-state index contributed by atoms with van der Waals surface area (Å²) in [5.41, 5.74) is -5.91. The molecule has 0 aliphatic rings. The molecule has 0 aliphatic carbocycles. The van der Waals surface area contributed by atoms with E-state index in [-0.39, 0.29) is 11.4 Å². The molecule has 0 spiro atoms. The molecule has 3 N–H and O–H groups in total. The molecule has 1 unspecified atom stereocenters. The molecule has 1 atom stereocenters. The van der Waals surface area contributed by atoms with E-state index in [1.807, 2.05) is 0 Å². The highest BCUT2D eigenvalue weighted by Crippen LogP contribution is 2.47. The van der Waals surface area contributed by atoms with Gasteiger partial charge >= 0.3 is 5.97 Å². The van der Waals surface area contributed by atoms with Crippen LogP contribution in [0.25, 0.3) is 21.8 Å². The van der Waals surface area contributed by atoms with E-state index in [0.29, 0.717) is 39.5 Å². The molecule has 0 aliphatic heterocycles. The maximum atomic E-state index is 16.2. The van der Waals surface area contributed by atoms with Crippen LogP contribution in [0.5, 0.6) is 11.5 Å². The minimum Gasteiger partial charge on any atom is -0.503 e. The zero-order valence-electron chi connectivity index (χ0n) is 28.3. The van der Waals surface area contributed by atoms with Crippen LogP contribution in [0.4, 0.5) is 35.1 Å². The smallest absolute Gasteiger partial charge is 0.311 e. The Bertz CT molecular complexity index is 2630. The first-order valence-electron chi connectivity index (χ1n) is 15.8. The molecule has 0 bridgehead atoms. The Kier molecular flexibility index (Phi) is 9.07. The number of aromatic nitrogens is 2. The number of carboxylic acid groups (broad SMARTS) is 1. The highest BCUT2D eigenvalue weighted by atomic mass is 19.2. The van der Waals surface area contributed by atoms with Crippen molar-refractivity contribution in [2.75, 3.05) is 0 Å². The number of aromatic hydroxyl groups is 2. The van der Waals surface area contributed by atoms with Gasteiger partial charge in [0, 0.05) is 51.0 Å². The lowest BCUT2D eigenvalue weighted by atomic mass is 9.73. The fourth-order valence-electron chi connectivity index (χ4n) is 6.92. The van der Waals surface area contributed by atoms with Crippen molar-refractivity contribution in [3.63, 3.8) is 0 Å². The highest BCUT2D eigenvalue weighted by Gasteiger charge is 2.41. The standard InChI is InChI=1S/C38H25F8N2O6/c1-14-9-18-29(44)34(50)31(46)28(32(18)47(14)35(51)16-5-7-20(39)22(41)10-16)38(3,4)13-19(37(53)54)26-15(2)48(25-12-24(43)33(49)30(45)27(25)26)36(52)17-6-8-21(40)23(42)11-17/h5-8,10-12,19,49-50H,13H2,1-4H3,(H,53,54). The second kappa shape index (κ2) is 13.0. The molecule has 1 radical (unpaired) electrons. The predicted molar refractivity (Wildman–Crippen MR) is 176 cm³/mol. The number of halogens is 8. The Morgan fingerprint density at radius 2 is 1.26 bits per heavy atom. The van der Waals surface area contributed by atoms with Gasteiger partial charge in [0.1, 0.15) is 0 Å². The Morgan fingerprint density at radius 1 is 0.722 bits per heavy atom. The Labute approximate surface area is 299 Å². The van der Waals surface area contributed by atoms with Crippen LogP contribution in [0.2, 0.25) is 0 Å². The first-order valence-corrected chi connectivity index (χ1v) is 15.8. The minimum atomic E-state index is -2.00. The molecule has 0 fully saturated rings. The van der Waals surface area contributed by atoms with Gasteiger partial charge in [0.25, 0.3) is 11.8 Å². The molecule has 0 saturated carbocycles. The van der Waals surface area contributed by atoms with E-state index in [9.17, 15) is 51.7 Å². The third-order valence-electron chi connectivity index (χ3n) is 9.38. The number of phenols is 2. The van der Waals surface area contributed by atoms with Crippen LogP contribution >= 0.6 is 0 Å². The lowest BCUT2D eigenvalue weighted by Gasteiger charge is -2.31. The summed E-state index contributed by atoms with van der Waals surface area (Å²) in [6.45, 7) is 4.80. The number of nitrogens with zero attached hydrogens (tertiary/aromatic N) is 2. The van der Waals surface area contributed by atoms with E-state index in [1.165, 1.54) is 20.8 Å². The lowest BCUT2D eigenvalue weighted by molar-refractivity contribution is -0.139. The number of hydrogen-bond donors (Lipinski definition) is 3. The quantitative estimate of drug-likeness (QED) is 0.141. The van der Waals surface area contributed by atoms with Crippen LogP contribution < -0.4 is 0 Å². The van der Waals surface area contributed by atoms with Gasteiger partial charge in [-0.15, -0.1) is 0 Å². The average molecular weight is 758 g/mol. The molecule has 279 valence electrons. The number of benzene rings is 4. The number of aryl methyl sites for hydroxylation is 1. The zero-order valence-corrected chi connectivity index (χ0v) is 28.3. The molecular formula is C38H25F8N2O6. The molecule has 16 heteroatoms. The first-order chi connectivity index (χ1) is 25.2. The SMILES string of the molecule is Cc1c(C(CC(C)(C)c2c(F)c(O)c(F)c3[c]c(C)n(C(=O)c4ccc(F)c(F)c4)c23)C(=O)O)c2c(F)c(O)c(F)cc2n1C(=O)c1ccc(F)c(F)c1. The normalized spacial score (nSPS) is 12.5. The fraction of sp³-hybridized carbons (Fsp3) is 0.184. The van der Waals surface area contributed by atoms with Crippen molar-refractivity contribution in [2.45, 2.75) is 45.4 Å². The summed E-state index contributed by atoms with van der Waals surface area (Å²) in [5.74, 6) is -21.1. The van der Waals surface area contributed by atoms with Crippen molar-refractivity contribution < 1.29 is 64.8 Å². The van der Waals surface area contributed by atoms with Crippen molar-refractivity contribution in [1.82, 2.24) is 9.13 Å². The number of aliphatic carboxylic acids is 1. The van der Waals surface area contributed by atoms with Gasteiger partial charge in [0.2, 0.25) is 0 Å². The van der Waals surface area contributed by atoms with Gasteiger partial charge in [-0.3, -0.25) is 23.5 Å². The molecule has 6 aromatic rings. The minimum absolute atomic E-state index is 0.190. The maximum Gasteiger partial charge on any atom is 0.311 e. The van der Waals surface area contributed by atoms with Crippen LogP contribution in [0.3, 0.4) is 0 Å². The summed E-state index contributed by atoms with van der Waals surface area (Å²) < 4.78 is 119. The number of rotatable bonds is 7. The molecule has 4 aromatic carbocycles. The van der Waals surface area contributed by atoms with Gasteiger partial charge in [0.05, 0.1) is 17.0 Å². The van der Waals surface area contributed by atoms with Crippen LogP contribution in [-0.2, 0) is 10.2 Å². The molecule has 2 heterocycles. The van der Waals surface area contributed by atoms with Crippen molar-refractivity contribution >= 4 is 39.6 Å². The van der Waals surface area contributed by atoms with Gasteiger partial charge in [-0.25, -0.2) is 35.1 Å². The van der Waals surface area contributed by atoms with Gasteiger partial charge in [-0.2, -0.15) is 0 Å². The third kappa shape index (κ3) is 5.72. The Morgan fingerprint density at radius 3 is 1.78 bits per heavy atom. The van der Waals surface area contributed by atoms with Gasteiger partial charge in [-0.05, 0) is 67.6 Å². The number of carboxylic acids is 1. The topological polar surface area (TPSA) is 122 Å². The summed E-state index contributed by atoms with van der Waals surface area (Å²) in [6.07, 6.45) is -0.806. The van der Waals surface area contributed by atoms with Crippen LogP contribution in [0.15, 0.2) is 42.5 Å². The fourth-order valence-corrected chi connectivity index (χ4v) is 6.92. The number of fused-ring (bicyclic) bond motifs is 2. The van der Waals surface area contributed by atoms with Gasteiger partial charge in [0.15, 0.2) is 58.0 Å². The Balaban J connectivity index is 1.60. The number of phenolic OH excluding ortho intramolecular Hbond substituents is 2. The van der Waals surface area contributed by atoms with Crippen LogP contribution in [-0.4, -0.2) is 42.2 Å². The van der Waals surface area contributed by atoms with Gasteiger partial charge < -0.3 is 15.3 Å². The Hall–Kier alpha value is -6.19. The summed E-state index contributed by atoms with van der Waals surface area (Å²) in [6, 6.07) is 7.07. The van der Waals surface area contributed by atoms with Crippen molar-refractivity contribution in [1.29, 1.82) is 0 Å². The summed E-state index contributed by atoms with van der Waals surface area (Å²) in [4.78, 5) is 40.6. The van der Waals surface area contributed by atoms with E-state index >= 15 is 13.2 Å². The lowest BCUT2D eigenvalue weighted by Crippen LogP contribution is -2.28. The summed E-state index contributed by atoms with van der Waals surface area (Å²) in [7, 11) is 0. The maximum absolute atomic E-state index is 16.2. The van der Waals surface area contributed by atoms with E-state index < -0.39 is 138 Å². The highest BCUT2D eigenvalue weighted by molar-refractivity contribution is 6.06. The van der Waals surface area contributed by atoms with Crippen molar-refractivity contribution in [3.05, 3.63) is 129 Å². The second-order valence-electron chi connectivity index (χ2n) is 13.2. The molecule has 0 saturated heterocycles. The average Bonchev–Trinajstić information content (AvgIpc) is 3.59. The number of carbonyl (C=O) groups is 3. The van der Waals surface area contributed by atoms with E-state index in [4.69, 9.17) is 0 Å². The first kappa shape index (κ1) is 37.6. The largest absolute Gasteiger partial charge is 0.503 e. The second-order valence-corrected chi connectivity index (χ2v) is 13.2. The van der Waals surface area contributed by atoms with Gasteiger partial charge in [-0.1, -0.05) is 13.8 Å². The number of carbonyl (C=O) groups excluding carboxylic acids is 2. The van der Waals surface area contributed by atoms with Crippen LogP contribution in [0.1, 0.15) is 69.4 Å². The van der Waals surface area contributed by atoms with E-state index in [2.05, 4.69) is 6.07 Å². The third-order valence-corrected chi connectivity index (χ3v) is 9.38. The predicted octanol–water partition coefficient (Wildman–Crippen LogP) is 8.45. The summed E-state index contributed by atoms with van der Waals surface area (Å²) >= 11 is 0. The van der Waals surface area contributed by atoms with Crippen LogP contribution in [0, 0.1) is 66.5 Å². The monoisotopic (exact) mass is 757 g/mol. The number of hydrogen-bond acceptors (Lipinski definition) is 5. The molecule has 8 nitrogen and oxygen atoms in total. The molecule has 54 heavy (non-hydrogen) atoms. The summed E-state index contributed by atoms with van der Waals surface area (Å²) in [5, 5.41) is 30.0.